The third-order valence-electron chi connectivity index (χ3n) is 3.40. The number of rotatable bonds is 4. The first-order chi connectivity index (χ1) is 9.41. The van der Waals surface area contributed by atoms with Gasteiger partial charge in [0.05, 0.1) is 11.4 Å². The first kappa shape index (κ1) is 15.0. The smallest absolute Gasteiger partial charge is 0.317 e. The molecule has 2 rings (SSSR count). The summed E-state index contributed by atoms with van der Waals surface area (Å²) in [5.41, 5.74) is 0.723. The molecule has 0 spiro atoms. The van der Waals surface area contributed by atoms with Crippen LogP contribution in [0.25, 0.3) is 0 Å². The fourth-order valence-corrected chi connectivity index (χ4v) is 3.95. The van der Waals surface area contributed by atoms with Gasteiger partial charge in [0.15, 0.2) is 0 Å². The second kappa shape index (κ2) is 5.90. The van der Waals surface area contributed by atoms with Crippen LogP contribution in [0.5, 0.6) is 0 Å². The normalized spacial score (nSPS) is 18.1. The molecule has 1 aromatic rings. The van der Waals surface area contributed by atoms with Crippen molar-refractivity contribution in [2.24, 2.45) is 0 Å². The van der Waals surface area contributed by atoms with Gasteiger partial charge in [-0.05, 0) is 18.6 Å². The molecule has 1 N–H and O–H groups in total. The Morgan fingerprint density at radius 1 is 1.20 bits per heavy atom. The van der Waals surface area contributed by atoms with Gasteiger partial charge in [0.2, 0.25) is 10.0 Å². The van der Waals surface area contributed by atoms with Crippen molar-refractivity contribution in [1.29, 1.82) is 0 Å². The lowest BCUT2D eigenvalue weighted by atomic mass is 10.2. The molecule has 1 aliphatic heterocycles. The standard InChI is InChI=1S/C13H18N2O4S/c1-11-4-2-3-5-12(11)20(18,19)15-8-6-14(7-9-15)10-13(16)17/h2-5H,6-10H2,1H3,(H,16,17). The number of aryl methyl sites for hydroxylation is 1. The Morgan fingerprint density at radius 3 is 2.35 bits per heavy atom. The number of nitrogens with zero attached hydrogens (tertiary/aromatic N) is 2. The molecule has 6 nitrogen and oxygen atoms in total. The highest BCUT2D eigenvalue weighted by Crippen LogP contribution is 2.20. The predicted molar refractivity (Wildman–Crippen MR) is 74.0 cm³/mol. The first-order valence-corrected chi connectivity index (χ1v) is 7.85. The summed E-state index contributed by atoms with van der Waals surface area (Å²) in [6, 6.07) is 6.89. The number of benzene rings is 1. The second-order valence-corrected chi connectivity index (χ2v) is 6.75. The summed E-state index contributed by atoms with van der Waals surface area (Å²) in [5, 5.41) is 8.73. The molecule has 0 aromatic heterocycles. The van der Waals surface area contributed by atoms with Gasteiger partial charge in [0, 0.05) is 26.2 Å². The molecule has 20 heavy (non-hydrogen) atoms. The Morgan fingerprint density at radius 2 is 1.80 bits per heavy atom. The van der Waals surface area contributed by atoms with Crippen LogP contribution < -0.4 is 0 Å². The van der Waals surface area contributed by atoms with Gasteiger partial charge < -0.3 is 5.11 Å². The van der Waals surface area contributed by atoms with Gasteiger partial charge in [0.25, 0.3) is 0 Å². The highest BCUT2D eigenvalue weighted by atomic mass is 32.2. The van der Waals surface area contributed by atoms with Crippen molar-refractivity contribution in [3.8, 4) is 0 Å². The van der Waals surface area contributed by atoms with Crippen molar-refractivity contribution in [2.75, 3.05) is 32.7 Å². The Hall–Kier alpha value is -1.44. The van der Waals surface area contributed by atoms with Gasteiger partial charge in [-0.2, -0.15) is 4.31 Å². The van der Waals surface area contributed by atoms with Crippen LogP contribution in [0.2, 0.25) is 0 Å². The molecule has 0 aliphatic carbocycles. The van der Waals surface area contributed by atoms with E-state index >= 15 is 0 Å². The molecule has 0 bridgehead atoms. The first-order valence-electron chi connectivity index (χ1n) is 6.41. The van der Waals surface area contributed by atoms with E-state index in [1.807, 2.05) is 0 Å². The zero-order chi connectivity index (χ0) is 14.8. The van der Waals surface area contributed by atoms with Gasteiger partial charge >= 0.3 is 5.97 Å². The van der Waals surface area contributed by atoms with Gasteiger partial charge in [-0.25, -0.2) is 8.42 Å². The van der Waals surface area contributed by atoms with E-state index in [-0.39, 0.29) is 6.54 Å². The number of aliphatic carboxylic acids is 1. The van der Waals surface area contributed by atoms with Crippen molar-refractivity contribution >= 4 is 16.0 Å². The number of hydrogen-bond acceptors (Lipinski definition) is 4. The molecule has 0 atom stereocenters. The van der Waals surface area contributed by atoms with Crippen molar-refractivity contribution in [3.05, 3.63) is 29.8 Å². The fraction of sp³-hybridized carbons (Fsp3) is 0.462. The van der Waals surface area contributed by atoms with Gasteiger partial charge in [-0.1, -0.05) is 18.2 Å². The summed E-state index contributed by atoms with van der Waals surface area (Å²) in [4.78, 5) is 12.7. The average molecular weight is 298 g/mol. The minimum atomic E-state index is -3.49. The van der Waals surface area contributed by atoms with E-state index < -0.39 is 16.0 Å². The minimum Gasteiger partial charge on any atom is -0.480 e. The highest BCUT2D eigenvalue weighted by molar-refractivity contribution is 7.89. The maximum Gasteiger partial charge on any atom is 0.317 e. The number of sulfonamides is 1. The third kappa shape index (κ3) is 3.17. The summed E-state index contributed by atoms with van der Waals surface area (Å²) in [7, 11) is -3.49. The van der Waals surface area contributed by atoms with Crippen LogP contribution in [0, 0.1) is 6.92 Å². The molecular weight excluding hydrogens is 280 g/mol. The number of hydrogen-bond donors (Lipinski definition) is 1. The Kier molecular flexibility index (Phi) is 4.42. The topological polar surface area (TPSA) is 77.9 Å². The molecule has 7 heteroatoms. The van der Waals surface area contributed by atoms with Gasteiger partial charge in [-0.15, -0.1) is 0 Å². The van der Waals surface area contributed by atoms with Crippen molar-refractivity contribution in [2.45, 2.75) is 11.8 Å². The van der Waals surface area contributed by atoms with E-state index in [4.69, 9.17) is 5.11 Å². The Bertz CT molecular complexity index is 592. The number of carboxylic acid groups (broad SMARTS) is 1. The summed E-state index contributed by atoms with van der Waals surface area (Å²) in [6.07, 6.45) is 0. The summed E-state index contributed by atoms with van der Waals surface area (Å²) in [6.45, 7) is 3.26. The molecule has 1 aromatic carbocycles. The van der Waals surface area contributed by atoms with E-state index in [0.717, 1.165) is 5.56 Å². The summed E-state index contributed by atoms with van der Waals surface area (Å²) in [5.74, 6) is -0.889. The summed E-state index contributed by atoms with van der Waals surface area (Å²) < 4.78 is 26.5. The molecule has 0 unspecified atom stereocenters. The van der Waals surface area contributed by atoms with Crippen LogP contribution in [-0.2, 0) is 14.8 Å². The van der Waals surface area contributed by atoms with E-state index in [9.17, 15) is 13.2 Å². The van der Waals surface area contributed by atoms with Crippen molar-refractivity contribution < 1.29 is 18.3 Å². The lowest BCUT2D eigenvalue weighted by molar-refractivity contribution is -0.138. The van der Waals surface area contributed by atoms with E-state index in [1.54, 1.807) is 36.1 Å². The Balaban J connectivity index is 2.10. The maximum absolute atomic E-state index is 12.5. The van der Waals surface area contributed by atoms with Crippen LogP contribution in [-0.4, -0.2) is 61.4 Å². The zero-order valence-corrected chi connectivity index (χ0v) is 12.1. The molecule has 1 heterocycles. The maximum atomic E-state index is 12.5. The molecule has 0 radical (unpaired) electrons. The van der Waals surface area contributed by atoms with Gasteiger partial charge in [-0.3, -0.25) is 9.69 Å². The number of carboxylic acids is 1. The number of piperazine rings is 1. The third-order valence-corrected chi connectivity index (χ3v) is 5.46. The monoisotopic (exact) mass is 298 g/mol. The molecular formula is C13H18N2O4S. The molecule has 110 valence electrons. The van der Waals surface area contributed by atoms with Gasteiger partial charge in [0.1, 0.15) is 0 Å². The lowest BCUT2D eigenvalue weighted by Gasteiger charge is -2.33. The predicted octanol–water partition coefficient (Wildman–Crippen LogP) is 0.386. The van der Waals surface area contributed by atoms with Crippen LogP contribution in [0.3, 0.4) is 0 Å². The van der Waals surface area contributed by atoms with E-state index in [2.05, 4.69) is 0 Å². The van der Waals surface area contributed by atoms with Crippen molar-refractivity contribution in [1.82, 2.24) is 9.21 Å². The quantitative estimate of drug-likeness (QED) is 0.870. The lowest BCUT2D eigenvalue weighted by Crippen LogP contribution is -2.49. The Labute approximate surface area is 118 Å². The van der Waals surface area contributed by atoms with Crippen molar-refractivity contribution in [3.63, 3.8) is 0 Å². The molecule has 0 amide bonds. The minimum absolute atomic E-state index is 0.0434. The average Bonchev–Trinajstić information content (AvgIpc) is 2.39. The fourth-order valence-electron chi connectivity index (χ4n) is 2.30. The SMILES string of the molecule is Cc1ccccc1S(=O)(=O)N1CCN(CC(=O)O)CC1. The van der Waals surface area contributed by atoms with Crippen LogP contribution in [0.1, 0.15) is 5.56 Å². The zero-order valence-electron chi connectivity index (χ0n) is 11.3. The second-order valence-electron chi connectivity index (χ2n) is 4.84. The van der Waals surface area contributed by atoms with E-state index in [0.29, 0.717) is 31.1 Å². The molecule has 1 aliphatic rings. The highest BCUT2D eigenvalue weighted by Gasteiger charge is 2.29. The number of carbonyl (C=O) groups is 1. The molecule has 1 saturated heterocycles. The van der Waals surface area contributed by atoms with Crippen LogP contribution >= 0.6 is 0 Å². The molecule has 1 fully saturated rings. The largest absolute Gasteiger partial charge is 0.480 e. The van der Waals surface area contributed by atoms with Crippen LogP contribution in [0.4, 0.5) is 0 Å². The molecule has 0 saturated carbocycles. The van der Waals surface area contributed by atoms with E-state index in [1.165, 1.54) is 4.31 Å². The van der Waals surface area contributed by atoms with Crippen LogP contribution in [0.15, 0.2) is 29.2 Å². The summed E-state index contributed by atoms with van der Waals surface area (Å²) >= 11 is 0.